The fourth-order valence-electron chi connectivity index (χ4n) is 1.93. The molecule has 0 aliphatic carbocycles. The Balaban J connectivity index is 1.89. The predicted octanol–water partition coefficient (Wildman–Crippen LogP) is 2.34. The highest BCUT2D eigenvalue weighted by molar-refractivity contribution is 5.83. The maximum atomic E-state index is 11.7. The highest BCUT2D eigenvalue weighted by Crippen LogP contribution is 2.27. The van der Waals surface area contributed by atoms with E-state index in [1.807, 2.05) is 0 Å². The van der Waals surface area contributed by atoms with Crippen molar-refractivity contribution in [3.05, 3.63) is 73.8 Å². The van der Waals surface area contributed by atoms with Crippen LogP contribution in [0.1, 0.15) is 11.1 Å². The molecule has 2 rings (SSSR count). The van der Waals surface area contributed by atoms with Crippen molar-refractivity contribution >= 4 is 23.5 Å². The first kappa shape index (κ1) is 18.5. The molecule has 0 unspecified atom stereocenters. The Labute approximate surface area is 147 Å². The molecule has 0 aliphatic rings. The molecule has 0 bridgehead atoms. The molecule has 0 fully saturated rings. The summed E-state index contributed by atoms with van der Waals surface area (Å²) in [5.74, 6) is -0.631. The first-order valence-corrected chi connectivity index (χ1v) is 7.31. The molecule has 26 heavy (non-hydrogen) atoms. The van der Waals surface area contributed by atoms with Crippen LogP contribution in [0.4, 0.5) is 11.4 Å². The van der Waals surface area contributed by atoms with Crippen molar-refractivity contribution in [1.29, 1.82) is 0 Å². The van der Waals surface area contributed by atoms with Crippen LogP contribution in [0.15, 0.2) is 47.6 Å². The molecule has 0 saturated heterocycles. The molecule has 10 nitrogen and oxygen atoms in total. The largest absolute Gasteiger partial charge is 0.477 e. The zero-order chi connectivity index (χ0) is 19.1. The normalized spacial score (nSPS) is 10.5. The van der Waals surface area contributed by atoms with Crippen LogP contribution in [-0.4, -0.2) is 28.6 Å². The number of aryl methyl sites for hydroxylation is 1. The van der Waals surface area contributed by atoms with Crippen molar-refractivity contribution in [3.8, 4) is 5.75 Å². The lowest BCUT2D eigenvalue weighted by atomic mass is 10.2. The third kappa shape index (κ3) is 5.09. The van der Waals surface area contributed by atoms with E-state index in [0.717, 1.165) is 0 Å². The van der Waals surface area contributed by atoms with E-state index >= 15 is 0 Å². The molecule has 1 amide bonds. The number of carbonyl (C=O) groups excluding carboxylic acids is 1. The number of rotatable bonds is 7. The van der Waals surface area contributed by atoms with E-state index in [1.165, 1.54) is 42.6 Å². The molecule has 0 spiro atoms. The van der Waals surface area contributed by atoms with Gasteiger partial charge >= 0.3 is 5.69 Å². The molecule has 2 aromatic rings. The molecule has 0 atom stereocenters. The number of carbonyl (C=O) groups is 1. The Morgan fingerprint density at radius 2 is 1.85 bits per heavy atom. The number of amides is 1. The van der Waals surface area contributed by atoms with Crippen molar-refractivity contribution in [3.63, 3.8) is 0 Å². The van der Waals surface area contributed by atoms with E-state index in [0.29, 0.717) is 11.1 Å². The summed E-state index contributed by atoms with van der Waals surface area (Å²) >= 11 is 0. The number of nitrogens with zero attached hydrogens (tertiary/aromatic N) is 3. The van der Waals surface area contributed by atoms with Gasteiger partial charge < -0.3 is 4.74 Å². The second-order valence-electron chi connectivity index (χ2n) is 5.16. The summed E-state index contributed by atoms with van der Waals surface area (Å²) in [5, 5.41) is 25.2. The van der Waals surface area contributed by atoms with Crippen molar-refractivity contribution in [2.75, 3.05) is 6.61 Å². The lowest BCUT2D eigenvalue weighted by Crippen LogP contribution is -2.24. The highest BCUT2D eigenvalue weighted by Gasteiger charge is 2.16. The van der Waals surface area contributed by atoms with Gasteiger partial charge in [-0.2, -0.15) is 5.10 Å². The van der Waals surface area contributed by atoms with Gasteiger partial charge in [-0.15, -0.1) is 0 Å². The fourth-order valence-corrected chi connectivity index (χ4v) is 1.93. The maximum absolute atomic E-state index is 11.7. The van der Waals surface area contributed by atoms with Crippen LogP contribution in [0, 0.1) is 27.2 Å². The van der Waals surface area contributed by atoms with E-state index in [-0.39, 0.29) is 17.1 Å². The van der Waals surface area contributed by atoms with E-state index < -0.39 is 22.4 Å². The van der Waals surface area contributed by atoms with Crippen LogP contribution >= 0.6 is 0 Å². The van der Waals surface area contributed by atoms with Crippen molar-refractivity contribution in [2.24, 2.45) is 5.10 Å². The Hall–Kier alpha value is -3.82. The first-order valence-electron chi connectivity index (χ1n) is 7.31. The molecule has 10 heteroatoms. The van der Waals surface area contributed by atoms with E-state index in [9.17, 15) is 25.0 Å². The first-order chi connectivity index (χ1) is 12.4. The standard InChI is InChI=1S/C16H14N4O6/c1-11-2-7-15(14(8-11)20(24)25)26-10-16(21)18-17-9-12-3-5-13(6-4-12)19(22)23/h2-9H,10H2,1H3,(H,18,21)/b17-9+. The van der Waals surface area contributed by atoms with Gasteiger partial charge in [0.1, 0.15) is 0 Å². The summed E-state index contributed by atoms with van der Waals surface area (Å²) < 4.78 is 5.16. The SMILES string of the molecule is Cc1ccc(OCC(=O)N/N=C/c2ccc([N+](=O)[O-])cc2)c([N+](=O)[O-])c1. The van der Waals surface area contributed by atoms with E-state index in [2.05, 4.69) is 10.5 Å². The Kier molecular flexibility index (Phi) is 5.93. The number of hydrogen-bond acceptors (Lipinski definition) is 7. The topological polar surface area (TPSA) is 137 Å². The van der Waals surface area contributed by atoms with E-state index in [4.69, 9.17) is 4.74 Å². The number of nitro groups is 2. The number of nitro benzene ring substituents is 2. The molecule has 0 aliphatic heterocycles. The lowest BCUT2D eigenvalue weighted by Gasteiger charge is -2.06. The number of ether oxygens (including phenoxy) is 1. The number of benzene rings is 2. The smallest absolute Gasteiger partial charge is 0.311 e. The Morgan fingerprint density at radius 1 is 1.15 bits per heavy atom. The van der Waals surface area contributed by atoms with Crippen LogP contribution < -0.4 is 10.2 Å². The van der Waals surface area contributed by atoms with Gasteiger partial charge in [0.05, 0.1) is 16.1 Å². The van der Waals surface area contributed by atoms with Crippen molar-refractivity contribution in [2.45, 2.75) is 6.92 Å². The molecule has 1 N–H and O–H groups in total. The van der Waals surface area contributed by atoms with Crippen LogP contribution in [0.25, 0.3) is 0 Å². The van der Waals surface area contributed by atoms with Crippen LogP contribution in [0.2, 0.25) is 0 Å². The number of hydrogen-bond donors (Lipinski definition) is 1. The van der Waals surface area contributed by atoms with Gasteiger partial charge in [0.2, 0.25) is 0 Å². The van der Waals surface area contributed by atoms with Gasteiger partial charge in [-0.1, -0.05) is 6.07 Å². The molecule has 134 valence electrons. The molecule has 0 heterocycles. The van der Waals surface area contributed by atoms with Gasteiger partial charge in [0.25, 0.3) is 11.6 Å². The second-order valence-corrected chi connectivity index (χ2v) is 5.16. The number of non-ortho nitro benzene ring substituents is 1. The van der Waals surface area contributed by atoms with Gasteiger partial charge in [-0.3, -0.25) is 25.0 Å². The number of nitrogens with one attached hydrogen (secondary N) is 1. The highest BCUT2D eigenvalue weighted by atomic mass is 16.6. The zero-order valence-corrected chi connectivity index (χ0v) is 13.6. The summed E-state index contributed by atoms with van der Waals surface area (Å²) in [7, 11) is 0. The molecule has 0 radical (unpaired) electrons. The average molecular weight is 358 g/mol. The molecular formula is C16H14N4O6. The summed E-state index contributed by atoms with van der Waals surface area (Å²) in [4.78, 5) is 32.1. The minimum Gasteiger partial charge on any atom is -0.477 e. The Morgan fingerprint density at radius 3 is 2.46 bits per heavy atom. The van der Waals surface area contributed by atoms with Crippen LogP contribution in [0.3, 0.4) is 0 Å². The monoisotopic (exact) mass is 358 g/mol. The van der Waals surface area contributed by atoms with Gasteiger partial charge in [-0.05, 0) is 36.2 Å². The quantitative estimate of drug-likeness (QED) is 0.458. The van der Waals surface area contributed by atoms with Crippen molar-refractivity contribution < 1.29 is 19.4 Å². The van der Waals surface area contributed by atoms with Crippen molar-refractivity contribution in [1.82, 2.24) is 5.43 Å². The van der Waals surface area contributed by atoms with Gasteiger partial charge in [0, 0.05) is 18.2 Å². The minimum atomic E-state index is -0.613. The predicted molar refractivity (Wildman–Crippen MR) is 92.2 cm³/mol. The third-order valence-electron chi connectivity index (χ3n) is 3.18. The van der Waals surface area contributed by atoms with Crippen LogP contribution in [0.5, 0.6) is 5.75 Å². The Bertz CT molecular complexity index is 864. The third-order valence-corrected chi connectivity index (χ3v) is 3.18. The summed E-state index contributed by atoms with van der Waals surface area (Å²) in [6.45, 7) is 1.25. The molecule has 2 aromatic carbocycles. The second kappa shape index (κ2) is 8.33. The number of hydrazone groups is 1. The van der Waals surface area contributed by atoms with E-state index in [1.54, 1.807) is 13.0 Å². The molecular weight excluding hydrogens is 344 g/mol. The summed E-state index contributed by atoms with van der Waals surface area (Å²) in [6, 6.07) is 9.96. The fraction of sp³-hybridized carbons (Fsp3) is 0.125. The summed E-state index contributed by atoms with van der Waals surface area (Å²) in [5.41, 5.74) is 3.16. The summed E-state index contributed by atoms with van der Waals surface area (Å²) in [6.07, 6.45) is 1.30. The maximum Gasteiger partial charge on any atom is 0.311 e. The van der Waals surface area contributed by atoms with Crippen LogP contribution in [-0.2, 0) is 4.79 Å². The molecule has 0 saturated carbocycles. The minimum absolute atomic E-state index is 0.0184. The average Bonchev–Trinajstić information content (AvgIpc) is 2.61. The zero-order valence-electron chi connectivity index (χ0n) is 13.6. The molecule has 0 aromatic heterocycles. The van der Waals surface area contributed by atoms with Gasteiger partial charge in [-0.25, -0.2) is 5.43 Å². The lowest BCUT2D eigenvalue weighted by molar-refractivity contribution is -0.385. The van der Waals surface area contributed by atoms with Gasteiger partial charge in [0.15, 0.2) is 12.4 Å².